The molecule has 4 heterocycles. The monoisotopic (exact) mass is 847 g/mol. The maximum Gasteiger partial charge on any atom is 2.00 e. The SMILES string of the molecule is CC(C)(C)c1cnc(-n2c3[c-]c(Oc4[c-]c(-c5ccccn5)ccc4)ccc3c3ccc(Oc4[c-]c(-c5ccccn5)ccc4)[c-]c32)nc1.[Pd+2].[Pd+2]. The Kier molecular flexibility index (Phi) is 10.6. The molecule has 8 aromatic rings. The van der Waals surface area contributed by atoms with Crippen LogP contribution in [0.25, 0.3) is 50.3 Å². The zero-order valence-electron chi connectivity index (χ0n) is 27.7. The molecule has 254 valence electrons. The molecule has 0 aliphatic heterocycles. The molecule has 8 rings (SSSR count). The van der Waals surface area contributed by atoms with Gasteiger partial charge in [-0.3, -0.25) is 0 Å². The normalized spacial score (nSPS) is 11.1. The van der Waals surface area contributed by atoms with Gasteiger partial charge in [0.1, 0.15) is 0 Å². The number of aromatic nitrogens is 5. The molecule has 0 bridgehead atoms. The Morgan fingerprint density at radius 2 is 0.980 bits per heavy atom. The number of hydrogen-bond donors (Lipinski definition) is 0. The number of fused-ring (bicyclic) bond motifs is 3. The smallest absolute Gasteiger partial charge is 0.503 e. The van der Waals surface area contributed by atoms with Crippen LogP contribution in [0.15, 0.2) is 122 Å². The molecule has 51 heavy (non-hydrogen) atoms. The van der Waals surface area contributed by atoms with E-state index >= 15 is 0 Å². The fraction of sp³-hybridized carbons (Fsp3) is 0.0952. The van der Waals surface area contributed by atoms with Crippen LogP contribution in [0.2, 0.25) is 0 Å². The quantitative estimate of drug-likeness (QED) is 0.118. The van der Waals surface area contributed by atoms with Crippen LogP contribution in [0.3, 0.4) is 0 Å². The van der Waals surface area contributed by atoms with E-state index in [1.807, 2.05) is 114 Å². The second kappa shape index (κ2) is 15.1. The van der Waals surface area contributed by atoms with Gasteiger partial charge < -0.3 is 24.0 Å². The second-order valence-electron chi connectivity index (χ2n) is 12.5. The third-order valence-electron chi connectivity index (χ3n) is 8.10. The second-order valence-corrected chi connectivity index (χ2v) is 12.5. The topological polar surface area (TPSA) is 75.0 Å². The van der Waals surface area contributed by atoms with Gasteiger partial charge in [0, 0.05) is 47.8 Å². The number of nitrogens with zero attached hydrogens (tertiary/aromatic N) is 5. The van der Waals surface area contributed by atoms with E-state index in [0.29, 0.717) is 28.9 Å². The van der Waals surface area contributed by atoms with Crippen LogP contribution in [-0.2, 0) is 46.3 Å². The van der Waals surface area contributed by atoms with Crippen LogP contribution in [0, 0.1) is 24.3 Å². The van der Waals surface area contributed by atoms with Crippen molar-refractivity contribution in [2.45, 2.75) is 26.2 Å². The van der Waals surface area contributed by atoms with Crippen molar-refractivity contribution in [3.63, 3.8) is 0 Å². The van der Waals surface area contributed by atoms with Crippen LogP contribution >= 0.6 is 0 Å². The molecule has 0 N–H and O–H groups in total. The number of ether oxygens (including phenoxy) is 2. The van der Waals surface area contributed by atoms with Crippen molar-refractivity contribution in [2.75, 3.05) is 0 Å². The van der Waals surface area contributed by atoms with E-state index < -0.39 is 0 Å². The first-order valence-corrected chi connectivity index (χ1v) is 15.9. The zero-order chi connectivity index (χ0) is 33.4. The first-order chi connectivity index (χ1) is 23.9. The molecule has 0 spiro atoms. The van der Waals surface area contributed by atoms with Crippen molar-refractivity contribution in [3.8, 4) is 51.5 Å². The van der Waals surface area contributed by atoms with Gasteiger partial charge in [-0.15, -0.1) is 71.8 Å². The number of hydrogen-bond acceptors (Lipinski definition) is 6. The minimum Gasteiger partial charge on any atom is -0.503 e. The fourth-order valence-corrected chi connectivity index (χ4v) is 5.56. The maximum absolute atomic E-state index is 6.31. The summed E-state index contributed by atoms with van der Waals surface area (Å²) in [5, 5.41) is 1.90. The summed E-state index contributed by atoms with van der Waals surface area (Å²) in [4.78, 5) is 18.5. The van der Waals surface area contributed by atoms with Gasteiger partial charge in [0.05, 0.1) is 0 Å². The van der Waals surface area contributed by atoms with Crippen molar-refractivity contribution in [1.82, 2.24) is 24.5 Å². The maximum atomic E-state index is 6.31. The van der Waals surface area contributed by atoms with E-state index in [1.165, 1.54) is 0 Å². The van der Waals surface area contributed by atoms with Crippen LogP contribution in [0.5, 0.6) is 23.0 Å². The Hall–Kier alpha value is -5.02. The van der Waals surface area contributed by atoms with Crippen LogP contribution in [-0.4, -0.2) is 24.5 Å². The summed E-state index contributed by atoms with van der Waals surface area (Å²) in [5.41, 5.74) is 5.74. The largest absolute Gasteiger partial charge is 2.00 e. The Morgan fingerprint density at radius 1 is 0.510 bits per heavy atom. The third kappa shape index (κ3) is 7.54. The van der Waals surface area contributed by atoms with Gasteiger partial charge in [0.25, 0.3) is 0 Å². The van der Waals surface area contributed by atoms with Gasteiger partial charge >= 0.3 is 40.8 Å². The van der Waals surface area contributed by atoms with Gasteiger partial charge in [0.2, 0.25) is 5.95 Å². The molecular weight excluding hydrogens is 819 g/mol. The molecule has 0 unspecified atom stereocenters. The molecule has 4 aromatic heterocycles. The van der Waals surface area contributed by atoms with Crippen molar-refractivity contribution in [3.05, 3.63) is 152 Å². The predicted octanol–water partition coefficient (Wildman–Crippen LogP) is 9.78. The Labute approximate surface area is 324 Å². The van der Waals surface area contributed by atoms with Gasteiger partial charge in [-0.25, -0.2) is 9.97 Å². The number of rotatable bonds is 7. The van der Waals surface area contributed by atoms with E-state index in [4.69, 9.17) is 19.4 Å². The van der Waals surface area contributed by atoms with Crippen molar-refractivity contribution in [2.24, 2.45) is 0 Å². The number of pyridine rings is 2. The van der Waals surface area contributed by atoms with E-state index in [1.54, 1.807) is 12.4 Å². The molecule has 0 radical (unpaired) electrons. The summed E-state index contributed by atoms with van der Waals surface area (Å²) < 4.78 is 14.6. The molecule has 7 nitrogen and oxygen atoms in total. The molecule has 0 fully saturated rings. The van der Waals surface area contributed by atoms with Gasteiger partial charge in [-0.2, -0.15) is 22.9 Å². The molecule has 0 aliphatic rings. The Balaban J connectivity index is 0.00000224. The summed E-state index contributed by atoms with van der Waals surface area (Å²) >= 11 is 0. The first kappa shape index (κ1) is 35.8. The van der Waals surface area contributed by atoms with Gasteiger partial charge in [-0.05, 0) is 34.5 Å². The molecule has 9 heteroatoms. The van der Waals surface area contributed by atoms with E-state index in [2.05, 4.69) is 55.0 Å². The Bertz CT molecular complexity index is 2290. The van der Waals surface area contributed by atoms with Crippen LogP contribution < -0.4 is 9.47 Å². The van der Waals surface area contributed by atoms with E-state index in [9.17, 15) is 0 Å². The van der Waals surface area contributed by atoms with Gasteiger partial charge in [0.15, 0.2) is 0 Å². The molecule has 0 aliphatic carbocycles. The van der Waals surface area contributed by atoms with Crippen molar-refractivity contribution < 1.29 is 50.3 Å². The van der Waals surface area contributed by atoms with E-state index in [-0.39, 0.29) is 46.3 Å². The standard InChI is InChI=1S/C42H29N5O2.2Pd/c1-42(2,3)30-26-45-41(46-27-30)47-39-24-33(48-31-12-8-10-28(22-31)37-14-4-6-20-43-37)16-18-35(39)36-19-17-34(25-40(36)47)49-32-13-9-11-29(23-32)38-15-5-7-21-44-38;;/h4-21,26-27H,1-3H3;;/q-4;2*+2. The molecule has 0 amide bonds. The third-order valence-corrected chi connectivity index (χ3v) is 8.10. The summed E-state index contributed by atoms with van der Waals surface area (Å²) in [6, 6.07) is 44.5. The minimum atomic E-state index is -0.0970. The average Bonchev–Trinajstić information content (AvgIpc) is 3.45. The fourth-order valence-electron chi connectivity index (χ4n) is 5.56. The zero-order valence-corrected chi connectivity index (χ0v) is 30.8. The predicted molar refractivity (Wildman–Crippen MR) is 190 cm³/mol. The summed E-state index contributed by atoms with van der Waals surface area (Å²) in [5.74, 6) is 2.64. The molecular formula is C42H29N5O2Pd2. The summed E-state index contributed by atoms with van der Waals surface area (Å²) in [6.07, 6.45) is 7.27. The summed E-state index contributed by atoms with van der Waals surface area (Å²) in [7, 11) is 0. The molecule has 0 saturated carbocycles. The molecule has 0 atom stereocenters. The van der Waals surface area contributed by atoms with Crippen LogP contribution in [0.4, 0.5) is 0 Å². The molecule has 4 aromatic carbocycles. The van der Waals surface area contributed by atoms with Crippen LogP contribution in [0.1, 0.15) is 26.3 Å². The minimum absolute atomic E-state index is 0. The van der Waals surface area contributed by atoms with Crippen molar-refractivity contribution in [1.29, 1.82) is 0 Å². The van der Waals surface area contributed by atoms with Crippen molar-refractivity contribution >= 4 is 21.8 Å². The summed E-state index contributed by atoms with van der Waals surface area (Å²) in [6.45, 7) is 6.42. The van der Waals surface area contributed by atoms with E-state index in [0.717, 1.165) is 49.9 Å². The van der Waals surface area contributed by atoms with Gasteiger partial charge in [-0.1, -0.05) is 68.2 Å². The Morgan fingerprint density at radius 3 is 1.41 bits per heavy atom. The molecule has 0 saturated heterocycles. The first-order valence-electron chi connectivity index (χ1n) is 15.9. The number of benzene rings is 4. The average molecular weight is 849 g/mol.